The number of fused-ring (bicyclic) bond motifs is 1. The second-order valence-electron chi connectivity index (χ2n) is 5.92. The van der Waals surface area contributed by atoms with Gasteiger partial charge in [0.25, 0.3) is 0 Å². The van der Waals surface area contributed by atoms with Gasteiger partial charge in [0.15, 0.2) is 17.3 Å². The van der Waals surface area contributed by atoms with Crippen LogP contribution in [0.15, 0.2) is 47.5 Å². The minimum absolute atomic E-state index is 0.159. The molecule has 4 nitrogen and oxygen atoms in total. The third kappa shape index (κ3) is 3.04. The molecule has 1 atom stereocenters. The molecule has 2 aromatic carbocycles. The Hall–Kier alpha value is -2.62. The number of methoxy groups -OCH3 is 2. The first kappa shape index (κ1) is 16.2. The molecule has 1 heterocycles. The number of benzene rings is 2. The van der Waals surface area contributed by atoms with Crippen molar-refractivity contribution in [2.45, 2.75) is 19.8 Å². The predicted molar refractivity (Wildman–Crippen MR) is 94.9 cm³/mol. The summed E-state index contributed by atoms with van der Waals surface area (Å²) in [6.45, 7) is 1.94. The second kappa shape index (κ2) is 6.87. The van der Waals surface area contributed by atoms with Gasteiger partial charge in [-0.2, -0.15) is 0 Å². The highest BCUT2D eigenvalue weighted by Gasteiger charge is 2.28. The maximum absolute atomic E-state index is 12.7. The molecule has 0 aliphatic carbocycles. The molecule has 0 N–H and O–H groups in total. The summed E-state index contributed by atoms with van der Waals surface area (Å²) >= 11 is 0. The Morgan fingerprint density at radius 2 is 1.79 bits per heavy atom. The van der Waals surface area contributed by atoms with Crippen LogP contribution in [-0.2, 0) is 6.42 Å². The van der Waals surface area contributed by atoms with E-state index in [1.165, 1.54) is 0 Å². The van der Waals surface area contributed by atoms with Gasteiger partial charge in [-0.25, -0.2) is 0 Å². The summed E-state index contributed by atoms with van der Waals surface area (Å²) in [7, 11) is 3.25. The molecule has 0 saturated carbocycles. The topological polar surface area (TPSA) is 47.9 Å². The van der Waals surface area contributed by atoms with Crippen LogP contribution in [0.3, 0.4) is 0 Å². The molecule has 124 valence electrons. The number of Topliss-reactive ketones (excluding diaryl/α,β-unsaturated/α-hetero) is 1. The number of hydrogen-bond acceptors (Lipinski definition) is 4. The summed E-state index contributed by atoms with van der Waals surface area (Å²) < 4.78 is 10.6. The van der Waals surface area contributed by atoms with Crippen molar-refractivity contribution in [1.82, 2.24) is 0 Å². The summed E-state index contributed by atoms with van der Waals surface area (Å²) in [5.74, 6) is 1.42. The Labute approximate surface area is 142 Å². The van der Waals surface area contributed by atoms with Crippen molar-refractivity contribution in [1.29, 1.82) is 0 Å². The van der Waals surface area contributed by atoms with E-state index in [2.05, 4.69) is 4.99 Å². The van der Waals surface area contributed by atoms with Crippen molar-refractivity contribution in [2.24, 2.45) is 10.9 Å². The summed E-state index contributed by atoms with van der Waals surface area (Å²) in [5, 5.41) is 0. The number of aryl methyl sites for hydroxylation is 1. The van der Waals surface area contributed by atoms with Crippen molar-refractivity contribution in [3.8, 4) is 11.5 Å². The number of ether oxygens (including phenoxy) is 2. The molecular formula is C20H21NO3. The Morgan fingerprint density at radius 3 is 2.54 bits per heavy atom. The first-order valence-corrected chi connectivity index (χ1v) is 8.03. The van der Waals surface area contributed by atoms with Gasteiger partial charge in [0.1, 0.15) is 0 Å². The van der Waals surface area contributed by atoms with Gasteiger partial charge in [0, 0.05) is 11.3 Å². The fourth-order valence-corrected chi connectivity index (χ4v) is 3.11. The highest BCUT2D eigenvalue weighted by Crippen LogP contribution is 2.32. The number of hydrogen-bond donors (Lipinski definition) is 0. The molecule has 1 aliphatic heterocycles. The smallest absolute Gasteiger partial charge is 0.173 e. The molecule has 0 spiro atoms. The number of para-hydroxylation sites is 1. The standard InChI is InChI=1S/C20H21NO3/c1-13-15(20(22)16-6-4-5-7-17(16)21-13)10-8-14-9-11-18(23-2)19(12-14)24-3/h4-7,9,11-12,15H,8,10H2,1-3H3. The van der Waals surface area contributed by atoms with Crippen LogP contribution >= 0.6 is 0 Å². The van der Waals surface area contributed by atoms with E-state index in [0.717, 1.165) is 35.4 Å². The summed E-state index contributed by atoms with van der Waals surface area (Å²) in [6, 6.07) is 13.4. The van der Waals surface area contributed by atoms with Gasteiger partial charge in [-0.1, -0.05) is 18.2 Å². The van der Waals surface area contributed by atoms with Crippen LogP contribution in [0, 0.1) is 5.92 Å². The molecule has 0 aromatic heterocycles. The minimum Gasteiger partial charge on any atom is -0.493 e. The van der Waals surface area contributed by atoms with E-state index in [4.69, 9.17) is 9.47 Å². The Morgan fingerprint density at radius 1 is 1.04 bits per heavy atom. The van der Waals surface area contributed by atoms with Gasteiger partial charge in [-0.3, -0.25) is 9.79 Å². The van der Waals surface area contributed by atoms with Crippen LogP contribution < -0.4 is 9.47 Å². The lowest BCUT2D eigenvalue weighted by atomic mass is 9.85. The lowest BCUT2D eigenvalue weighted by Gasteiger charge is -2.21. The van der Waals surface area contributed by atoms with Crippen LogP contribution in [0.4, 0.5) is 5.69 Å². The molecule has 4 heteroatoms. The van der Waals surface area contributed by atoms with E-state index in [9.17, 15) is 4.79 Å². The normalized spacial score (nSPS) is 16.4. The van der Waals surface area contributed by atoms with E-state index in [1.807, 2.05) is 49.4 Å². The largest absolute Gasteiger partial charge is 0.493 e. The molecule has 24 heavy (non-hydrogen) atoms. The fraction of sp³-hybridized carbons (Fsp3) is 0.300. The summed E-state index contributed by atoms with van der Waals surface area (Å²) in [6.07, 6.45) is 1.52. The molecular weight excluding hydrogens is 302 g/mol. The first-order chi connectivity index (χ1) is 11.6. The van der Waals surface area contributed by atoms with Crippen molar-refractivity contribution in [3.63, 3.8) is 0 Å². The average Bonchev–Trinajstić information content (AvgIpc) is 2.61. The third-order valence-electron chi connectivity index (χ3n) is 4.46. The van der Waals surface area contributed by atoms with Crippen molar-refractivity contribution >= 4 is 17.2 Å². The third-order valence-corrected chi connectivity index (χ3v) is 4.46. The Kier molecular flexibility index (Phi) is 4.65. The quantitative estimate of drug-likeness (QED) is 0.827. The molecule has 1 unspecified atom stereocenters. The van der Waals surface area contributed by atoms with Crippen LogP contribution in [0.5, 0.6) is 11.5 Å². The molecule has 0 fully saturated rings. The van der Waals surface area contributed by atoms with E-state index in [-0.39, 0.29) is 11.7 Å². The lowest BCUT2D eigenvalue weighted by Crippen LogP contribution is -2.26. The van der Waals surface area contributed by atoms with E-state index in [0.29, 0.717) is 11.5 Å². The lowest BCUT2D eigenvalue weighted by molar-refractivity contribution is 0.0948. The van der Waals surface area contributed by atoms with Gasteiger partial charge >= 0.3 is 0 Å². The van der Waals surface area contributed by atoms with Crippen molar-refractivity contribution < 1.29 is 14.3 Å². The van der Waals surface area contributed by atoms with Gasteiger partial charge in [0.2, 0.25) is 0 Å². The van der Waals surface area contributed by atoms with E-state index < -0.39 is 0 Å². The average molecular weight is 323 g/mol. The molecule has 0 bridgehead atoms. The number of aliphatic imine (C=N–C) groups is 1. The van der Waals surface area contributed by atoms with Crippen molar-refractivity contribution in [3.05, 3.63) is 53.6 Å². The van der Waals surface area contributed by atoms with Crippen molar-refractivity contribution in [2.75, 3.05) is 14.2 Å². The number of rotatable bonds is 5. The molecule has 0 amide bonds. The van der Waals surface area contributed by atoms with Crippen LogP contribution in [-0.4, -0.2) is 25.7 Å². The van der Waals surface area contributed by atoms with Crippen LogP contribution in [0.25, 0.3) is 0 Å². The van der Waals surface area contributed by atoms with Gasteiger partial charge in [-0.05, 0) is 49.6 Å². The molecule has 0 saturated heterocycles. The van der Waals surface area contributed by atoms with Crippen LogP contribution in [0.1, 0.15) is 29.3 Å². The zero-order valence-electron chi connectivity index (χ0n) is 14.2. The van der Waals surface area contributed by atoms with Crippen LogP contribution in [0.2, 0.25) is 0 Å². The maximum atomic E-state index is 12.7. The predicted octanol–water partition coefficient (Wildman–Crippen LogP) is 4.24. The highest BCUT2D eigenvalue weighted by atomic mass is 16.5. The molecule has 3 rings (SSSR count). The first-order valence-electron chi connectivity index (χ1n) is 8.03. The molecule has 1 aliphatic rings. The number of ketones is 1. The maximum Gasteiger partial charge on any atom is 0.173 e. The van der Waals surface area contributed by atoms with Gasteiger partial charge in [0.05, 0.1) is 25.8 Å². The van der Waals surface area contributed by atoms with E-state index >= 15 is 0 Å². The Bertz CT molecular complexity index is 795. The monoisotopic (exact) mass is 323 g/mol. The fourth-order valence-electron chi connectivity index (χ4n) is 3.11. The Balaban J connectivity index is 1.77. The SMILES string of the molecule is COc1ccc(CCC2C(=O)c3ccccc3N=C2C)cc1OC. The zero-order valence-corrected chi connectivity index (χ0v) is 14.2. The summed E-state index contributed by atoms with van der Waals surface area (Å²) in [5.41, 5.74) is 3.51. The summed E-state index contributed by atoms with van der Waals surface area (Å²) in [4.78, 5) is 17.3. The minimum atomic E-state index is -0.159. The van der Waals surface area contributed by atoms with E-state index in [1.54, 1.807) is 14.2 Å². The van der Waals surface area contributed by atoms with Gasteiger partial charge < -0.3 is 9.47 Å². The highest BCUT2D eigenvalue weighted by molar-refractivity contribution is 6.17. The zero-order chi connectivity index (χ0) is 17.1. The molecule has 0 radical (unpaired) electrons. The number of nitrogens with zero attached hydrogens (tertiary/aromatic N) is 1. The van der Waals surface area contributed by atoms with Gasteiger partial charge in [-0.15, -0.1) is 0 Å². The number of carbonyl (C=O) groups excluding carboxylic acids is 1. The second-order valence-corrected chi connectivity index (χ2v) is 5.92. The number of carbonyl (C=O) groups is 1. The molecule has 2 aromatic rings.